The first-order valence-electron chi connectivity index (χ1n) is 8.16. The van der Waals surface area contributed by atoms with Gasteiger partial charge >= 0.3 is 0 Å². The zero-order chi connectivity index (χ0) is 16.4. The van der Waals surface area contributed by atoms with Gasteiger partial charge in [0.05, 0.1) is 13.1 Å². The fourth-order valence-corrected chi connectivity index (χ4v) is 3.28. The van der Waals surface area contributed by atoms with E-state index in [4.69, 9.17) is 4.52 Å². The number of nitrogens with one attached hydrogen (secondary N) is 1. The Morgan fingerprint density at radius 1 is 1.43 bits per heavy atom. The Morgan fingerprint density at radius 2 is 2.22 bits per heavy atom. The van der Waals surface area contributed by atoms with E-state index in [1.807, 2.05) is 6.92 Å². The van der Waals surface area contributed by atoms with Crippen LogP contribution in [0.15, 0.2) is 4.52 Å². The molecule has 2 bridgehead atoms. The minimum absolute atomic E-state index is 0.0597. The molecule has 8 heteroatoms. The van der Waals surface area contributed by atoms with Crippen LogP contribution >= 0.6 is 0 Å². The van der Waals surface area contributed by atoms with Crippen LogP contribution in [0.25, 0.3) is 0 Å². The number of aryl methyl sites for hydroxylation is 1. The molecule has 1 aromatic rings. The minimum atomic E-state index is -0.0823. The highest BCUT2D eigenvalue weighted by Gasteiger charge is 2.34. The molecule has 2 aliphatic heterocycles. The van der Waals surface area contributed by atoms with Crippen molar-refractivity contribution in [1.29, 1.82) is 0 Å². The van der Waals surface area contributed by atoms with E-state index < -0.39 is 0 Å². The normalized spacial score (nSPS) is 23.9. The van der Waals surface area contributed by atoms with Gasteiger partial charge in [-0.1, -0.05) is 5.16 Å². The first-order valence-corrected chi connectivity index (χ1v) is 8.16. The van der Waals surface area contributed by atoms with Crippen LogP contribution < -0.4 is 5.32 Å². The highest BCUT2D eigenvalue weighted by molar-refractivity contribution is 5.85. The van der Waals surface area contributed by atoms with Gasteiger partial charge in [0.15, 0.2) is 5.82 Å². The molecule has 2 amide bonds. The van der Waals surface area contributed by atoms with E-state index >= 15 is 0 Å². The number of amides is 2. The molecule has 2 saturated heterocycles. The molecule has 1 N–H and O–H groups in total. The van der Waals surface area contributed by atoms with Crippen molar-refractivity contribution in [3.63, 3.8) is 0 Å². The van der Waals surface area contributed by atoms with Crippen molar-refractivity contribution in [2.24, 2.45) is 0 Å². The highest BCUT2D eigenvalue weighted by atomic mass is 16.5. The molecular weight excluding hydrogens is 298 g/mol. The third-order valence-electron chi connectivity index (χ3n) is 4.51. The molecule has 0 aliphatic carbocycles. The highest BCUT2D eigenvalue weighted by Crippen LogP contribution is 2.21. The average Bonchev–Trinajstić information content (AvgIpc) is 3.08. The quantitative estimate of drug-likeness (QED) is 0.826. The fraction of sp³-hybridized carbons (Fsp3) is 0.733. The molecule has 2 aliphatic rings. The summed E-state index contributed by atoms with van der Waals surface area (Å²) < 4.78 is 4.93. The number of likely N-dealkylation sites (N-methyl/N-ethyl adjacent to an activating group) is 1. The average molecular weight is 321 g/mol. The van der Waals surface area contributed by atoms with E-state index in [0.29, 0.717) is 43.8 Å². The Morgan fingerprint density at radius 3 is 2.91 bits per heavy atom. The lowest BCUT2D eigenvalue weighted by atomic mass is 10.1. The summed E-state index contributed by atoms with van der Waals surface area (Å²) in [5.74, 6) is 0.944. The Kier molecular flexibility index (Phi) is 4.61. The second kappa shape index (κ2) is 6.66. The molecule has 2 atom stereocenters. The van der Waals surface area contributed by atoms with Gasteiger partial charge in [0.1, 0.15) is 0 Å². The summed E-state index contributed by atoms with van der Waals surface area (Å²) in [4.78, 5) is 32.3. The molecule has 0 spiro atoms. The number of rotatable bonds is 5. The molecule has 23 heavy (non-hydrogen) atoms. The van der Waals surface area contributed by atoms with Gasteiger partial charge in [0.2, 0.25) is 17.7 Å². The van der Waals surface area contributed by atoms with Crippen molar-refractivity contribution in [2.75, 3.05) is 19.6 Å². The predicted octanol–water partition coefficient (Wildman–Crippen LogP) is 0.0794. The summed E-state index contributed by atoms with van der Waals surface area (Å²) in [6, 6.07) is 0.589. The van der Waals surface area contributed by atoms with E-state index in [-0.39, 0.29) is 24.4 Å². The van der Waals surface area contributed by atoms with Gasteiger partial charge in [-0.05, 0) is 19.8 Å². The number of hydrogen-bond acceptors (Lipinski definition) is 6. The van der Waals surface area contributed by atoms with Crippen molar-refractivity contribution >= 4 is 11.8 Å². The van der Waals surface area contributed by atoms with E-state index in [9.17, 15) is 9.59 Å². The summed E-state index contributed by atoms with van der Waals surface area (Å²) in [6.07, 6.45) is 2.61. The Bertz CT molecular complexity index is 587. The fourth-order valence-electron chi connectivity index (χ4n) is 3.28. The van der Waals surface area contributed by atoms with Crippen LogP contribution in [-0.4, -0.2) is 63.5 Å². The molecule has 2 unspecified atom stereocenters. The molecule has 0 saturated carbocycles. The molecular formula is C15H23N5O3. The maximum atomic E-state index is 12.5. The standard InChI is InChI=1S/C15H23N5O3/c1-3-19(8-13-16-10(2)23-18-13)15(22)9-20-7-12-5-4-11(17-12)6-14(20)21/h11-12,17H,3-9H2,1-2H3. The van der Waals surface area contributed by atoms with Gasteiger partial charge < -0.3 is 19.6 Å². The van der Waals surface area contributed by atoms with Crippen LogP contribution in [0.5, 0.6) is 0 Å². The summed E-state index contributed by atoms with van der Waals surface area (Å²) in [5, 5.41) is 7.28. The van der Waals surface area contributed by atoms with Crippen molar-refractivity contribution in [2.45, 2.75) is 51.7 Å². The number of aromatic nitrogens is 2. The summed E-state index contributed by atoms with van der Waals surface area (Å²) in [6.45, 7) is 5.19. The number of likely N-dealkylation sites (tertiary alicyclic amines) is 1. The van der Waals surface area contributed by atoms with Gasteiger partial charge in [-0.3, -0.25) is 9.59 Å². The monoisotopic (exact) mass is 321 g/mol. The number of fused-ring (bicyclic) bond motifs is 2. The number of carbonyl (C=O) groups excluding carboxylic acids is 2. The zero-order valence-electron chi connectivity index (χ0n) is 13.6. The SMILES string of the molecule is CCN(Cc1noc(C)n1)C(=O)CN1CC2CCC(CC1=O)N2. The second-order valence-electron chi connectivity index (χ2n) is 6.25. The van der Waals surface area contributed by atoms with Crippen molar-refractivity contribution in [3.8, 4) is 0 Å². The Labute approximate surface area is 135 Å². The lowest BCUT2D eigenvalue weighted by Gasteiger charge is -2.27. The topological polar surface area (TPSA) is 91.6 Å². The largest absolute Gasteiger partial charge is 0.340 e. The molecule has 2 fully saturated rings. The Hall–Kier alpha value is -1.96. The summed E-state index contributed by atoms with van der Waals surface area (Å²) in [5.41, 5.74) is 0. The van der Waals surface area contributed by atoms with Crippen LogP contribution in [0.1, 0.15) is 37.9 Å². The smallest absolute Gasteiger partial charge is 0.242 e. The molecule has 1 aromatic heterocycles. The van der Waals surface area contributed by atoms with E-state index in [2.05, 4.69) is 15.5 Å². The minimum Gasteiger partial charge on any atom is -0.340 e. The van der Waals surface area contributed by atoms with Crippen LogP contribution in [0, 0.1) is 6.92 Å². The molecule has 0 aromatic carbocycles. The van der Waals surface area contributed by atoms with Crippen molar-refractivity contribution < 1.29 is 14.1 Å². The van der Waals surface area contributed by atoms with Gasteiger partial charge in [0, 0.05) is 38.5 Å². The third-order valence-corrected chi connectivity index (χ3v) is 4.51. The summed E-state index contributed by atoms with van der Waals surface area (Å²) >= 11 is 0. The first-order chi connectivity index (χ1) is 11.0. The van der Waals surface area contributed by atoms with E-state index in [1.54, 1.807) is 16.7 Å². The van der Waals surface area contributed by atoms with Crippen LogP contribution in [0.3, 0.4) is 0 Å². The lowest BCUT2D eigenvalue weighted by Crippen LogP contribution is -2.45. The molecule has 3 rings (SSSR count). The number of carbonyl (C=O) groups is 2. The molecule has 3 heterocycles. The maximum absolute atomic E-state index is 12.5. The van der Waals surface area contributed by atoms with Crippen LogP contribution in [0.2, 0.25) is 0 Å². The lowest BCUT2D eigenvalue weighted by molar-refractivity contribution is -0.140. The first kappa shape index (κ1) is 15.9. The molecule has 126 valence electrons. The maximum Gasteiger partial charge on any atom is 0.242 e. The van der Waals surface area contributed by atoms with Crippen LogP contribution in [0.4, 0.5) is 0 Å². The second-order valence-corrected chi connectivity index (χ2v) is 6.25. The van der Waals surface area contributed by atoms with Gasteiger partial charge in [-0.25, -0.2) is 0 Å². The van der Waals surface area contributed by atoms with Gasteiger partial charge in [-0.15, -0.1) is 0 Å². The molecule has 0 radical (unpaired) electrons. The van der Waals surface area contributed by atoms with Gasteiger partial charge in [0.25, 0.3) is 0 Å². The number of hydrogen-bond donors (Lipinski definition) is 1. The van der Waals surface area contributed by atoms with Crippen molar-refractivity contribution in [3.05, 3.63) is 11.7 Å². The number of nitrogens with zero attached hydrogens (tertiary/aromatic N) is 4. The predicted molar refractivity (Wildman–Crippen MR) is 81.3 cm³/mol. The zero-order valence-corrected chi connectivity index (χ0v) is 13.6. The molecule has 8 nitrogen and oxygen atoms in total. The Balaban J connectivity index is 1.61. The van der Waals surface area contributed by atoms with E-state index in [0.717, 1.165) is 12.8 Å². The van der Waals surface area contributed by atoms with Crippen molar-refractivity contribution in [1.82, 2.24) is 25.3 Å². The van der Waals surface area contributed by atoms with E-state index in [1.165, 1.54) is 0 Å². The van der Waals surface area contributed by atoms with Crippen LogP contribution in [-0.2, 0) is 16.1 Å². The summed E-state index contributed by atoms with van der Waals surface area (Å²) in [7, 11) is 0. The third kappa shape index (κ3) is 3.69. The van der Waals surface area contributed by atoms with Gasteiger partial charge in [-0.2, -0.15) is 4.98 Å².